The number of pyridine rings is 1. The molecule has 0 saturated heterocycles. The van der Waals surface area contributed by atoms with E-state index in [1.54, 1.807) is 12.4 Å². The summed E-state index contributed by atoms with van der Waals surface area (Å²) in [6, 6.07) is 17.2. The molecule has 4 rings (SSSR count). The fraction of sp³-hybridized carbons (Fsp3) is 0.100. The Morgan fingerprint density at radius 2 is 1.84 bits per heavy atom. The molecule has 2 heterocycles. The number of nitrogens with one attached hydrogen (secondary N) is 1. The molecule has 1 aromatic heterocycles. The van der Waals surface area contributed by atoms with Crippen LogP contribution in [0.3, 0.4) is 0 Å². The SMILES string of the molecule is O=C(c1cncc(Nc2ccc(Cl)cc2)c1)N1CCc2ccccc21. The standard InChI is InChI=1S/C20H16ClN3O/c21-16-5-7-17(8-6-16)23-18-11-15(12-22-13-18)20(25)24-10-9-14-3-1-2-4-19(14)24/h1-8,11-13,23H,9-10H2. The molecule has 1 amide bonds. The first kappa shape index (κ1) is 15.7. The normalized spacial score (nSPS) is 12.8. The summed E-state index contributed by atoms with van der Waals surface area (Å²) in [7, 11) is 0. The lowest BCUT2D eigenvalue weighted by atomic mass is 10.2. The fourth-order valence-electron chi connectivity index (χ4n) is 3.03. The first-order valence-electron chi connectivity index (χ1n) is 8.08. The molecule has 0 bridgehead atoms. The van der Waals surface area contributed by atoms with Gasteiger partial charge in [0.15, 0.2) is 0 Å². The molecule has 1 N–H and O–H groups in total. The number of halogens is 1. The number of aromatic nitrogens is 1. The van der Waals surface area contributed by atoms with E-state index in [9.17, 15) is 4.79 Å². The third-order valence-corrected chi connectivity index (χ3v) is 4.50. The monoisotopic (exact) mass is 349 g/mol. The van der Waals surface area contributed by atoms with E-state index in [0.29, 0.717) is 17.1 Å². The van der Waals surface area contributed by atoms with Crippen LogP contribution in [0.2, 0.25) is 5.02 Å². The highest BCUT2D eigenvalue weighted by Gasteiger charge is 2.25. The van der Waals surface area contributed by atoms with Crippen LogP contribution in [-0.2, 0) is 6.42 Å². The van der Waals surface area contributed by atoms with Crippen LogP contribution in [0.5, 0.6) is 0 Å². The number of amides is 1. The van der Waals surface area contributed by atoms with Crippen molar-refractivity contribution in [2.75, 3.05) is 16.8 Å². The smallest absolute Gasteiger partial charge is 0.259 e. The van der Waals surface area contributed by atoms with Crippen LogP contribution >= 0.6 is 11.6 Å². The summed E-state index contributed by atoms with van der Waals surface area (Å²) in [6.45, 7) is 0.701. The molecule has 0 saturated carbocycles. The Morgan fingerprint density at radius 3 is 2.68 bits per heavy atom. The van der Waals surface area contributed by atoms with Gasteiger partial charge in [0, 0.05) is 29.1 Å². The van der Waals surface area contributed by atoms with Crippen molar-refractivity contribution in [2.45, 2.75) is 6.42 Å². The molecule has 0 aliphatic carbocycles. The van der Waals surface area contributed by atoms with Gasteiger partial charge < -0.3 is 10.2 Å². The highest BCUT2D eigenvalue weighted by molar-refractivity contribution is 6.30. The minimum atomic E-state index is -0.0304. The van der Waals surface area contributed by atoms with E-state index < -0.39 is 0 Å². The summed E-state index contributed by atoms with van der Waals surface area (Å²) in [6.07, 6.45) is 4.19. The Morgan fingerprint density at radius 1 is 1.04 bits per heavy atom. The van der Waals surface area contributed by atoms with Crippen molar-refractivity contribution >= 4 is 34.6 Å². The predicted molar refractivity (Wildman–Crippen MR) is 101 cm³/mol. The zero-order valence-corrected chi connectivity index (χ0v) is 14.2. The minimum absolute atomic E-state index is 0.0304. The second kappa shape index (κ2) is 6.57. The van der Waals surface area contributed by atoms with E-state index >= 15 is 0 Å². The van der Waals surface area contributed by atoms with Gasteiger partial charge in [-0.15, -0.1) is 0 Å². The Hall–Kier alpha value is -2.85. The third-order valence-electron chi connectivity index (χ3n) is 4.25. The summed E-state index contributed by atoms with van der Waals surface area (Å²) < 4.78 is 0. The van der Waals surface area contributed by atoms with Gasteiger partial charge in [-0.2, -0.15) is 0 Å². The Kier molecular flexibility index (Phi) is 4.12. The van der Waals surface area contributed by atoms with Crippen LogP contribution in [0, 0.1) is 0 Å². The second-order valence-corrected chi connectivity index (χ2v) is 6.37. The van der Waals surface area contributed by atoms with Crippen molar-refractivity contribution in [2.24, 2.45) is 0 Å². The quantitative estimate of drug-likeness (QED) is 0.746. The van der Waals surface area contributed by atoms with Crippen molar-refractivity contribution in [1.29, 1.82) is 0 Å². The summed E-state index contributed by atoms with van der Waals surface area (Å²) in [5.41, 5.74) is 4.42. The number of hydrogen-bond acceptors (Lipinski definition) is 3. The Bertz CT molecular complexity index is 924. The van der Waals surface area contributed by atoms with Crippen LogP contribution in [0.1, 0.15) is 15.9 Å². The van der Waals surface area contributed by atoms with Gasteiger partial charge in [-0.05, 0) is 48.4 Å². The van der Waals surface area contributed by atoms with Gasteiger partial charge in [-0.3, -0.25) is 9.78 Å². The molecule has 2 aromatic carbocycles. The largest absolute Gasteiger partial charge is 0.354 e. The van der Waals surface area contributed by atoms with Crippen LogP contribution in [0.15, 0.2) is 67.0 Å². The molecule has 0 radical (unpaired) electrons. The number of fused-ring (bicyclic) bond motifs is 1. The lowest BCUT2D eigenvalue weighted by Crippen LogP contribution is -2.29. The number of nitrogens with zero attached hydrogens (tertiary/aromatic N) is 2. The van der Waals surface area contributed by atoms with E-state index in [2.05, 4.69) is 16.4 Å². The van der Waals surface area contributed by atoms with Crippen molar-refractivity contribution in [3.63, 3.8) is 0 Å². The molecule has 25 heavy (non-hydrogen) atoms. The average Bonchev–Trinajstić information content (AvgIpc) is 3.07. The molecular formula is C20H16ClN3O. The number of rotatable bonds is 3. The summed E-state index contributed by atoms with van der Waals surface area (Å²) in [5, 5.41) is 3.93. The van der Waals surface area contributed by atoms with Crippen molar-refractivity contribution < 1.29 is 4.79 Å². The molecular weight excluding hydrogens is 334 g/mol. The van der Waals surface area contributed by atoms with Gasteiger partial charge in [0.2, 0.25) is 0 Å². The molecule has 124 valence electrons. The molecule has 3 aromatic rings. The molecule has 1 aliphatic rings. The second-order valence-electron chi connectivity index (χ2n) is 5.93. The summed E-state index contributed by atoms with van der Waals surface area (Å²) >= 11 is 5.91. The molecule has 5 heteroatoms. The first-order chi connectivity index (χ1) is 12.2. The number of hydrogen-bond donors (Lipinski definition) is 1. The highest BCUT2D eigenvalue weighted by Crippen LogP contribution is 2.29. The fourth-order valence-corrected chi connectivity index (χ4v) is 3.16. The van der Waals surface area contributed by atoms with Gasteiger partial charge in [-0.1, -0.05) is 29.8 Å². The average molecular weight is 350 g/mol. The Labute approximate surface area is 151 Å². The third kappa shape index (κ3) is 3.21. The number of para-hydroxylation sites is 1. The Balaban J connectivity index is 1.57. The van der Waals surface area contributed by atoms with Crippen LogP contribution < -0.4 is 10.2 Å². The predicted octanol–water partition coefficient (Wildman–Crippen LogP) is 4.68. The van der Waals surface area contributed by atoms with Gasteiger partial charge in [0.1, 0.15) is 0 Å². The molecule has 4 nitrogen and oxygen atoms in total. The molecule has 0 atom stereocenters. The number of carbonyl (C=O) groups is 1. The van der Waals surface area contributed by atoms with E-state index in [-0.39, 0.29) is 5.91 Å². The number of carbonyl (C=O) groups excluding carboxylic acids is 1. The maximum absolute atomic E-state index is 12.9. The van der Waals surface area contributed by atoms with E-state index in [1.165, 1.54) is 5.56 Å². The maximum atomic E-state index is 12.9. The van der Waals surface area contributed by atoms with Crippen LogP contribution in [-0.4, -0.2) is 17.4 Å². The van der Waals surface area contributed by atoms with E-state index in [0.717, 1.165) is 23.5 Å². The lowest BCUT2D eigenvalue weighted by Gasteiger charge is -2.17. The zero-order chi connectivity index (χ0) is 17.2. The maximum Gasteiger partial charge on any atom is 0.259 e. The summed E-state index contributed by atoms with van der Waals surface area (Å²) in [4.78, 5) is 18.9. The van der Waals surface area contributed by atoms with E-state index in [1.807, 2.05) is 53.4 Å². The van der Waals surface area contributed by atoms with Crippen LogP contribution in [0.4, 0.5) is 17.1 Å². The highest BCUT2D eigenvalue weighted by atomic mass is 35.5. The molecule has 0 spiro atoms. The minimum Gasteiger partial charge on any atom is -0.354 e. The van der Waals surface area contributed by atoms with Gasteiger partial charge in [0.25, 0.3) is 5.91 Å². The molecule has 0 fully saturated rings. The topological polar surface area (TPSA) is 45.2 Å². The molecule has 1 aliphatic heterocycles. The van der Waals surface area contributed by atoms with Crippen molar-refractivity contribution in [3.8, 4) is 0 Å². The lowest BCUT2D eigenvalue weighted by molar-refractivity contribution is 0.0989. The van der Waals surface area contributed by atoms with Crippen molar-refractivity contribution in [3.05, 3.63) is 83.1 Å². The number of benzene rings is 2. The van der Waals surface area contributed by atoms with Gasteiger partial charge in [0.05, 0.1) is 17.4 Å². The zero-order valence-electron chi connectivity index (χ0n) is 13.4. The van der Waals surface area contributed by atoms with Crippen molar-refractivity contribution in [1.82, 2.24) is 4.98 Å². The molecule has 0 unspecified atom stereocenters. The van der Waals surface area contributed by atoms with E-state index in [4.69, 9.17) is 11.6 Å². The summed E-state index contributed by atoms with van der Waals surface area (Å²) in [5.74, 6) is -0.0304. The number of anilines is 3. The van der Waals surface area contributed by atoms with Crippen LogP contribution in [0.25, 0.3) is 0 Å². The first-order valence-corrected chi connectivity index (χ1v) is 8.46. The van der Waals surface area contributed by atoms with Gasteiger partial charge in [-0.25, -0.2) is 0 Å². The van der Waals surface area contributed by atoms with Gasteiger partial charge >= 0.3 is 0 Å².